The van der Waals surface area contributed by atoms with Crippen LogP contribution in [0.25, 0.3) is 0 Å². The number of carbonyl (C=O) groups is 3. The van der Waals surface area contributed by atoms with Crippen LogP contribution in [-0.4, -0.2) is 41.5 Å². The van der Waals surface area contributed by atoms with Gasteiger partial charge in [0.15, 0.2) is 0 Å². The van der Waals surface area contributed by atoms with Crippen molar-refractivity contribution in [3.8, 4) is 0 Å². The number of ether oxygens (including phenoxy) is 1. The van der Waals surface area contributed by atoms with Crippen LogP contribution in [0.1, 0.15) is 50.4 Å². The van der Waals surface area contributed by atoms with Crippen molar-refractivity contribution >= 4 is 23.6 Å². The van der Waals surface area contributed by atoms with Crippen LogP contribution in [0.3, 0.4) is 0 Å². The Morgan fingerprint density at radius 1 is 0.969 bits per heavy atom. The minimum absolute atomic E-state index is 0.344. The normalized spacial score (nSPS) is 13.0. The highest BCUT2D eigenvalue weighted by molar-refractivity contribution is 5.99. The highest BCUT2D eigenvalue weighted by atomic mass is 16.6. The minimum Gasteiger partial charge on any atom is -0.444 e. The molecule has 7 nitrogen and oxygen atoms in total. The average Bonchev–Trinajstić information content (AvgIpc) is 2.69. The van der Waals surface area contributed by atoms with E-state index in [0.717, 1.165) is 11.1 Å². The molecular formula is C25H33N3O4. The molecule has 2 N–H and O–H groups in total. The van der Waals surface area contributed by atoms with Gasteiger partial charge >= 0.3 is 6.09 Å². The number of alkyl carbamates (subject to hydrolysis) is 1. The maximum Gasteiger partial charge on any atom is 0.408 e. The van der Waals surface area contributed by atoms with Crippen molar-refractivity contribution in [1.82, 2.24) is 10.2 Å². The van der Waals surface area contributed by atoms with Gasteiger partial charge in [-0.25, -0.2) is 4.79 Å². The largest absolute Gasteiger partial charge is 0.444 e. The smallest absolute Gasteiger partial charge is 0.408 e. The molecule has 2 aromatic carbocycles. The fraction of sp³-hybridized carbons (Fsp3) is 0.400. The number of nitrogens with zero attached hydrogens (tertiary/aromatic N) is 1. The Kier molecular flexibility index (Phi) is 8.02. The number of hydrogen-bond donors (Lipinski definition) is 2. The molecule has 7 heteroatoms. The van der Waals surface area contributed by atoms with Gasteiger partial charge in [0.2, 0.25) is 5.91 Å². The number of carbonyl (C=O) groups excluding carboxylic acids is 3. The third-order valence-corrected chi connectivity index (χ3v) is 4.88. The van der Waals surface area contributed by atoms with Gasteiger partial charge in [0, 0.05) is 12.7 Å². The first-order valence-corrected chi connectivity index (χ1v) is 10.6. The van der Waals surface area contributed by atoms with Crippen molar-refractivity contribution in [3.63, 3.8) is 0 Å². The number of hydrogen-bond acceptors (Lipinski definition) is 4. The van der Waals surface area contributed by atoms with E-state index >= 15 is 0 Å². The number of para-hydroxylation sites is 1. The van der Waals surface area contributed by atoms with E-state index in [1.165, 1.54) is 4.90 Å². The number of benzene rings is 2. The number of nitrogens with one attached hydrogen (secondary N) is 2. The molecule has 0 aliphatic carbocycles. The van der Waals surface area contributed by atoms with Crippen molar-refractivity contribution in [2.45, 2.75) is 59.2 Å². The Hall–Kier alpha value is -3.35. The Morgan fingerprint density at radius 3 is 2.12 bits per heavy atom. The van der Waals surface area contributed by atoms with Crippen LogP contribution in [0, 0.1) is 13.8 Å². The molecule has 0 fully saturated rings. The van der Waals surface area contributed by atoms with Crippen molar-refractivity contribution in [2.75, 3.05) is 12.4 Å². The van der Waals surface area contributed by atoms with Crippen molar-refractivity contribution in [3.05, 3.63) is 65.2 Å². The van der Waals surface area contributed by atoms with Crippen LogP contribution in [0.2, 0.25) is 0 Å². The van der Waals surface area contributed by atoms with Gasteiger partial charge in [-0.1, -0.05) is 48.0 Å². The van der Waals surface area contributed by atoms with Gasteiger partial charge in [0.1, 0.15) is 17.7 Å². The molecule has 0 radical (unpaired) electrons. The Balaban J connectivity index is 2.27. The summed E-state index contributed by atoms with van der Waals surface area (Å²) in [5, 5.41) is 5.47. The van der Waals surface area contributed by atoms with Crippen LogP contribution in [0.15, 0.2) is 48.5 Å². The number of rotatable bonds is 6. The maximum atomic E-state index is 13.3. The predicted octanol–water partition coefficient (Wildman–Crippen LogP) is 4.35. The molecule has 3 amide bonds. The van der Waals surface area contributed by atoms with E-state index in [0.29, 0.717) is 11.3 Å². The molecule has 0 saturated carbocycles. The first-order chi connectivity index (χ1) is 14.9. The SMILES string of the molecule is Cc1ccc(C(C(=O)Nc2ccccc2C)N(C)C(=O)C(C)NC(=O)OC(C)(C)C)cc1. The van der Waals surface area contributed by atoms with Gasteiger partial charge in [-0.05, 0) is 58.7 Å². The Bertz CT molecular complexity index is 964. The van der Waals surface area contributed by atoms with E-state index in [2.05, 4.69) is 10.6 Å². The lowest BCUT2D eigenvalue weighted by atomic mass is 10.0. The van der Waals surface area contributed by atoms with E-state index in [1.807, 2.05) is 62.4 Å². The molecule has 2 aromatic rings. The zero-order valence-electron chi connectivity index (χ0n) is 19.9. The van der Waals surface area contributed by atoms with Crippen molar-refractivity contribution in [2.24, 2.45) is 0 Å². The van der Waals surface area contributed by atoms with Gasteiger partial charge in [0.25, 0.3) is 5.91 Å². The second kappa shape index (κ2) is 10.3. The van der Waals surface area contributed by atoms with Gasteiger partial charge in [-0.3, -0.25) is 9.59 Å². The van der Waals surface area contributed by atoms with Crippen LogP contribution >= 0.6 is 0 Å². The van der Waals surface area contributed by atoms with Gasteiger partial charge in [0.05, 0.1) is 0 Å². The minimum atomic E-state index is -0.884. The summed E-state index contributed by atoms with van der Waals surface area (Å²) in [6.45, 7) is 10.7. The fourth-order valence-corrected chi connectivity index (χ4v) is 3.19. The maximum absolute atomic E-state index is 13.3. The third-order valence-electron chi connectivity index (χ3n) is 4.88. The molecule has 0 saturated heterocycles. The van der Waals surface area contributed by atoms with Gasteiger partial charge < -0.3 is 20.3 Å². The zero-order valence-corrected chi connectivity index (χ0v) is 19.9. The van der Waals surface area contributed by atoms with E-state index in [1.54, 1.807) is 34.7 Å². The van der Waals surface area contributed by atoms with Gasteiger partial charge in [-0.15, -0.1) is 0 Å². The highest BCUT2D eigenvalue weighted by Crippen LogP contribution is 2.24. The van der Waals surface area contributed by atoms with Crippen LogP contribution in [0.4, 0.5) is 10.5 Å². The quantitative estimate of drug-likeness (QED) is 0.700. The molecule has 2 atom stereocenters. The summed E-state index contributed by atoms with van der Waals surface area (Å²) < 4.78 is 5.24. The molecule has 0 aromatic heterocycles. The molecule has 0 aliphatic rings. The average molecular weight is 440 g/mol. The first kappa shape index (κ1) is 24.9. The Labute approximate surface area is 190 Å². The summed E-state index contributed by atoms with van der Waals surface area (Å²) in [7, 11) is 1.55. The van der Waals surface area contributed by atoms with E-state index in [4.69, 9.17) is 4.74 Å². The monoisotopic (exact) mass is 439 g/mol. The number of anilines is 1. The molecule has 0 heterocycles. The van der Waals surface area contributed by atoms with E-state index in [9.17, 15) is 14.4 Å². The molecule has 0 aliphatic heterocycles. The first-order valence-electron chi connectivity index (χ1n) is 10.6. The number of amides is 3. The number of aryl methyl sites for hydroxylation is 2. The molecule has 0 spiro atoms. The highest BCUT2D eigenvalue weighted by Gasteiger charge is 2.32. The van der Waals surface area contributed by atoms with E-state index in [-0.39, 0.29) is 5.91 Å². The van der Waals surface area contributed by atoms with E-state index < -0.39 is 29.7 Å². The summed E-state index contributed by atoms with van der Waals surface area (Å²) in [5.41, 5.74) is 2.62. The van der Waals surface area contributed by atoms with Crippen LogP contribution < -0.4 is 10.6 Å². The molecule has 0 bridgehead atoms. The van der Waals surface area contributed by atoms with Crippen molar-refractivity contribution in [1.29, 1.82) is 0 Å². The van der Waals surface area contributed by atoms with Gasteiger partial charge in [-0.2, -0.15) is 0 Å². The summed E-state index contributed by atoms with van der Waals surface area (Å²) in [6, 6.07) is 13.1. The topological polar surface area (TPSA) is 87.7 Å². The zero-order chi connectivity index (χ0) is 24.1. The Morgan fingerprint density at radius 2 is 1.56 bits per heavy atom. The second-order valence-corrected chi connectivity index (χ2v) is 8.93. The lowest BCUT2D eigenvalue weighted by Crippen LogP contribution is -2.49. The molecule has 2 rings (SSSR count). The summed E-state index contributed by atoms with van der Waals surface area (Å²) in [6.07, 6.45) is -0.692. The van der Waals surface area contributed by atoms with Crippen molar-refractivity contribution < 1.29 is 19.1 Å². The predicted molar refractivity (Wildman–Crippen MR) is 125 cm³/mol. The summed E-state index contributed by atoms with van der Waals surface area (Å²) >= 11 is 0. The standard InChI is InChI=1S/C25H33N3O4/c1-16-12-14-19(15-13-16)21(22(29)27-20-11-9-8-10-17(20)2)28(7)23(30)18(3)26-24(31)32-25(4,5)6/h8-15,18,21H,1-7H3,(H,26,31)(H,27,29). The lowest BCUT2D eigenvalue weighted by molar-refractivity contribution is -0.138. The fourth-order valence-electron chi connectivity index (χ4n) is 3.19. The second-order valence-electron chi connectivity index (χ2n) is 8.93. The summed E-state index contributed by atoms with van der Waals surface area (Å²) in [5.74, 6) is -0.759. The molecule has 172 valence electrons. The third kappa shape index (κ3) is 6.83. The lowest BCUT2D eigenvalue weighted by Gasteiger charge is -2.30. The van der Waals surface area contributed by atoms with Crippen LogP contribution in [0.5, 0.6) is 0 Å². The molecular weight excluding hydrogens is 406 g/mol. The number of likely N-dealkylation sites (N-methyl/N-ethyl adjacent to an activating group) is 1. The molecule has 2 unspecified atom stereocenters. The summed E-state index contributed by atoms with van der Waals surface area (Å²) in [4.78, 5) is 39.9. The molecule has 32 heavy (non-hydrogen) atoms. The van der Waals surface area contributed by atoms with Crippen LogP contribution in [-0.2, 0) is 14.3 Å².